The fourth-order valence-corrected chi connectivity index (χ4v) is 2.80. The highest BCUT2D eigenvalue weighted by atomic mass is 14.9. The SMILES string of the molecule is CC(C)(CCNC1CC1)C1CCCC1. The largest absolute Gasteiger partial charge is 0.314 e. The van der Waals surface area contributed by atoms with E-state index < -0.39 is 0 Å². The van der Waals surface area contributed by atoms with Crippen molar-refractivity contribution in [1.29, 1.82) is 0 Å². The molecule has 0 aromatic heterocycles. The smallest absolute Gasteiger partial charge is 0.00682 e. The average molecular weight is 195 g/mol. The van der Waals surface area contributed by atoms with E-state index in [-0.39, 0.29) is 0 Å². The van der Waals surface area contributed by atoms with E-state index in [2.05, 4.69) is 19.2 Å². The standard InChI is InChI=1S/C13H25N/c1-13(2,11-5-3-4-6-11)9-10-14-12-7-8-12/h11-12,14H,3-10H2,1-2H3. The van der Waals surface area contributed by atoms with Crippen molar-refractivity contribution < 1.29 is 0 Å². The molecule has 0 aromatic rings. The molecule has 1 nitrogen and oxygen atoms in total. The van der Waals surface area contributed by atoms with Gasteiger partial charge in [0.1, 0.15) is 0 Å². The Morgan fingerprint density at radius 1 is 1.07 bits per heavy atom. The molecule has 1 N–H and O–H groups in total. The highest BCUT2D eigenvalue weighted by molar-refractivity contribution is 4.85. The first kappa shape index (κ1) is 10.5. The molecular formula is C13H25N. The molecule has 82 valence electrons. The Morgan fingerprint density at radius 3 is 2.29 bits per heavy atom. The first-order chi connectivity index (χ1) is 6.68. The maximum atomic E-state index is 3.64. The van der Waals surface area contributed by atoms with Crippen LogP contribution in [0.4, 0.5) is 0 Å². The van der Waals surface area contributed by atoms with E-state index >= 15 is 0 Å². The van der Waals surface area contributed by atoms with Crippen LogP contribution in [0.25, 0.3) is 0 Å². The molecule has 2 rings (SSSR count). The Hall–Kier alpha value is -0.0400. The summed E-state index contributed by atoms with van der Waals surface area (Å²) in [5.74, 6) is 1.00. The molecule has 0 bridgehead atoms. The Bertz CT molecular complexity index is 176. The first-order valence-electron chi connectivity index (χ1n) is 6.42. The molecule has 14 heavy (non-hydrogen) atoms. The summed E-state index contributed by atoms with van der Waals surface area (Å²) in [4.78, 5) is 0. The molecule has 0 aromatic carbocycles. The lowest BCUT2D eigenvalue weighted by Gasteiger charge is -2.31. The van der Waals surface area contributed by atoms with Gasteiger partial charge >= 0.3 is 0 Å². The molecule has 2 fully saturated rings. The van der Waals surface area contributed by atoms with Crippen LogP contribution in [-0.4, -0.2) is 12.6 Å². The van der Waals surface area contributed by atoms with Gasteiger partial charge in [0.05, 0.1) is 0 Å². The molecule has 0 aliphatic heterocycles. The van der Waals surface area contributed by atoms with Gasteiger partial charge in [-0.05, 0) is 50.0 Å². The molecule has 1 heteroatoms. The van der Waals surface area contributed by atoms with Crippen LogP contribution in [0.15, 0.2) is 0 Å². The van der Waals surface area contributed by atoms with E-state index in [4.69, 9.17) is 0 Å². The molecule has 0 saturated heterocycles. The normalized spacial score (nSPS) is 24.4. The summed E-state index contributed by atoms with van der Waals surface area (Å²) in [7, 11) is 0. The van der Waals surface area contributed by atoms with Crippen molar-refractivity contribution in [2.24, 2.45) is 11.3 Å². The third-order valence-corrected chi connectivity index (χ3v) is 4.24. The Kier molecular flexibility index (Phi) is 3.16. The quantitative estimate of drug-likeness (QED) is 0.709. The minimum absolute atomic E-state index is 0.582. The van der Waals surface area contributed by atoms with Gasteiger partial charge in [-0.25, -0.2) is 0 Å². The molecule has 0 heterocycles. The highest BCUT2D eigenvalue weighted by Gasteiger charge is 2.31. The molecule has 0 amide bonds. The summed E-state index contributed by atoms with van der Waals surface area (Å²) < 4.78 is 0. The van der Waals surface area contributed by atoms with E-state index in [1.165, 1.54) is 51.5 Å². The minimum Gasteiger partial charge on any atom is -0.314 e. The second-order valence-corrected chi connectivity index (χ2v) is 5.95. The lowest BCUT2D eigenvalue weighted by atomic mass is 9.75. The fraction of sp³-hybridized carbons (Fsp3) is 1.00. The van der Waals surface area contributed by atoms with Gasteiger partial charge < -0.3 is 5.32 Å². The highest BCUT2D eigenvalue weighted by Crippen LogP contribution is 2.41. The third-order valence-electron chi connectivity index (χ3n) is 4.24. The van der Waals surface area contributed by atoms with Crippen molar-refractivity contribution in [3.8, 4) is 0 Å². The van der Waals surface area contributed by atoms with Crippen LogP contribution in [-0.2, 0) is 0 Å². The van der Waals surface area contributed by atoms with Gasteiger partial charge in [0.25, 0.3) is 0 Å². The van der Waals surface area contributed by atoms with Crippen molar-refractivity contribution >= 4 is 0 Å². The van der Waals surface area contributed by atoms with Crippen molar-refractivity contribution in [3.05, 3.63) is 0 Å². The summed E-state index contributed by atoms with van der Waals surface area (Å²) in [6, 6.07) is 0.884. The summed E-state index contributed by atoms with van der Waals surface area (Å²) >= 11 is 0. The molecule has 2 aliphatic rings. The molecule has 0 radical (unpaired) electrons. The number of hydrogen-bond acceptors (Lipinski definition) is 1. The van der Waals surface area contributed by atoms with Crippen LogP contribution < -0.4 is 5.32 Å². The molecule has 2 aliphatic carbocycles. The van der Waals surface area contributed by atoms with E-state index in [1.54, 1.807) is 0 Å². The van der Waals surface area contributed by atoms with Crippen LogP contribution in [0.2, 0.25) is 0 Å². The van der Waals surface area contributed by atoms with Crippen molar-refractivity contribution in [2.75, 3.05) is 6.54 Å². The van der Waals surface area contributed by atoms with Crippen LogP contribution in [0.1, 0.15) is 58.8 Å². The molecular weight excluding hydrogens is 170 g/mol. The lowest BCUT2D eigenvalue weighted by molar-refractivity contribution is 0.197. The Balaban J connectivity index is 1.69. The summed E-state index contributed by atoms with van der Waals surface area (Å²) in [5.41, 5.74) is 0.582. The van der Waals surface area contributed by atoms with Crippen molar-refractivity contribution in [2.45, 2.75) is 64.8 Å². The molecule has 2 saturated carbocycles. The third kappa shape index (κ3) is 2.73. The summed E-state index contributed by atoms with van der Waals surface area (Å²) in [6.45, 7) is 6.18. The second-order valence-electron chi connectivity index (χ2n) is 5.95. The fourth-order valence-electron chi connectivity index (χ4n) is 2.80. The maximum absolute atomic E-state index is 3.64. The van der Waals surface area contributed by atoms with Gasteiger partial charge in [-0.1, -0.05) is 26.7 Å². The molecule has 0 atom stereocenters. The topological polar surface area (TPSA) is 12.0 Å². The van der Waals surface area contributed by atoms with E-state index in [9.17, 15) is 0 Å². The maximum Gasteiger partial charge on any atom is 0.00682 e. The van der Waals surface area contributed by atoms with Crippen molar-refractivity contribution in [3.63, 3.8) is 0 Å². The van der Waals surface area contributed by atoms with E-state index in [0.29, 0.717) is 5.41 Å². The van der Waals surface area contributed by atoms with Gasteiger partial charge in [-0.15, -0.1) is 0 Å². The van der Waals surface area contributed by atoms with E-state index in [1.807, 2.05) is 0 Å². The first-order valence-corrected chi connectivity index (χ1v) is 6.42. The van der Waals surface area contributed by atoms with E-state index in [0.717, 1.165) is 12.0 Å². The van der Waals surface area contributed by atoms with Gasteiger partial charge in [0, 0.05) is 6.04 Å². The van der Waals surface area contributed by atoms with Gasteiger partial charge in [0.15, 0.2) is 0 Å². The van der Waals surface area contributed by atoms with Crippen LogP contribution >= 0.6 is 0 Å². The van der Waals surface area contributed by atoms with Gasteiger partial charge in [-0.3, -0.25) is 0 Å². The number of rotatable bonds is 5. The average Bonchev–Trinajstić information content (AvgIpc) is 2.80. The summed E-state index contributed by atoms with van der Waals surface area (Å²) in [5, 5.41) is 3.64. The predicted octanol–water partition coefficient (Wildman–Crippen LogP) is 3.34. The van der Waals surface area contributed by atoms with Crippen molar-refractivity contribution in [1.82, 2.24) is 5.32 Å². The Morgan fingerprint density at radius 2 is 1.71 bits per heavy atom. The number of nitrogens with one attached hydrogen (secondary N) is 1. The monoisotopic (exact) mass is 195 g/mol. The zero-order chi connectivity index (χ0) is 10.0. The number of hydrogen-bond donors (Lipinski definition) is 1. The van der Waals surface area contributed by atoms with Gasteiger partial charge in [-0.2, -0.15) is 0 Å². The van der Waals surface area contributed by atoms with Gasteiger partial charge in [0.2, 0.25) is 0 Å². The van der Waals surface area contributed by atoms with Crippen LogP contribution in [0, 0.1) is 11.3 Å². The second kappa shape index (κ2) is 4.22. The lowest BCUT2D eigenvalue weighted by Crippen LogP contribution is -2.28. The van der Waals surface area contributed by atoms with Crippen LogP contribution in [0.3, 0.4) is 0 Å². The zero-order valence-corrected chi connectivity index (χ0v) is 9.81. The zero-order valence-electron chi connectivity index (χ0n) is 9.81. The minimum atomic E-state index is 0.582. The predicted molar refractivity (Wildman–Crippen MR) is 61.4 cm³/mol. The summed E-state index contributed by atoms with van der Waals surface area (Å²) in [6.07, 6.45) is 10.1. The Labute approximate surface area is 88.7 Å². The van der Waals surface area contributed by atoms with Crippen LogP contribution in [0.5, 0.6) is 0 Å². The molecule has 0 unspecified atom stereocenters. The molecule has 0 spiro atoms.